The lowest BCUT2D eigenvalue weighted by atomic mass is 10.3. The smallest absolute Gasteiger partial charge is 0.250 e. The molecule has 18 heavy (non-hydrogen) atoms. The number of pyridine rings is 1. The molecule has 0 radical (unpaired) electrons. The van der Waals surface area contributed by atoms with Crippen molar-refractivity contribution in [3.63, 3.8) is 0 Å². The van der Waals surface area contributed by atoms with Crippen LogP contribution in [-0.2, 0) is 16.6 Å². The lowest BCUT2D eigenvalue weighted by molar-refractivity contribution is 0.392. The van der Waals surface area contributed by atoms with Crippen molar-refractivity contribution in [1.29, 1.82) is 0 Å². The van der Waals surface area contributed by atoms with Gasteiger partial charge >= 0.3 is 0 Å². The van der Waals surface area contributed by atoms with E-state index < -0.39 is 10.0 Å². The zero-order valence-electron chi connectivity index (χ0n) is 9.66. The first kappa shape index (κ1) is 13.0. The molecule has 1 N–H and O–H groups in total. The van der Waals surface area contributed by atoms with Gasteiger partial charge in [0.15, 0.2) is 0 Å². The Hall–Kier alpha value is -1.44. The van der Waals surface area contributed by atoms with E-state index in [4.69, 9.17) is 4.74 Å². The van der Waals surface area contributed by atoms with Gasteiger partial charge in [-0.2, -0.15) is 0 Å². The monoisotopic (exact) mass is 284 g/mol. The minimum atomic E-state index is -3.45. The Labute approximate surface area is 110 Å². The van der Waals surface area contributed by atoms with Gasteiger partial charge in [0.1, 0.15) is 4.21 Å². The van der Waals surface area contributed by atoms with Gasteiger partial charge in [-0.25, -0.2) is 18.1 Å². The second-order valence-electron chi connectivity index (χ2n) is 3.43. The second-order valence-corrected chi connectivity index (χ2v) is 6.37. The number of hydrogen-bond acceptors (Lipinski definition) is 5. The molecule has 2 aromatic heterocycles. The number of ether oxygens (including phenoxy) is 1. The predicted molar refractivity (Wildman–Crippen MR) is 69.1 cm³/mol. The zero-order chi connectivity index (χ0) is 13.0. The highest BCUT2D eigenvalue weighted by Crippen LogP contribution is 2.18. The summed E-state index contributed by atoms with van der Waals surface area (Å²) in [5, 5.41) is 1.72. The summed E-state index contributed by atoms with van der Waals surface area (Å²) in [5.41, 5.74) is 0.695. The van der Waals surface area contributed by atoms with Crippen LogP contribution >= 0.6 is 11.3 Å². The number of nitrogens with zero attached hydrogens (tertiary/aromatic N) is 1. The Morgan fingerprint density at radius 3 is 2.89 bits per heavy atom. The van der Waals surface area contributed by atoms with Gasteiger partial charge in [0.05, 0.1) is 7.11 Å². The number of hydrogen-bond donors (Lipinski definition) is 1. The minimum absolute atomic E-state index is 0.150. The fraction of sp³-hybridized carbons (Fsp3) is 0.182. The van der Waals surface area contributed by atoms with E-state index in [9.17, 15) is 8.42 Å². The van der Waals surface area contributed by atoms with Crippen LogP contribution in [0.2, 0.25) is 0 Å². The fourth-order valence-electron chi connectivity index (χ4n) is 1.40. The highest BCUT2D eigenvalue weighted by atomic mass is 32.2. The fourth-order valence-corrected chi connectivity index (χ4v) is 3.45. The summed E-state index contributed by atoms with van der Waals surface area (Å²) in [6.45, 7) is 0.150. The van der Waals surface area contributed by atoms with E-state index >= 15 is 0 Å². The normalized spacial score (nSPS) is 11.4. The van der Waals surface area contributed by atoms with Crippen LogP contribution < -0.4 is 9.46 Å². The summed E-state index contributed by atoms with van der Waals surface area (Å²) >= 11 is 1.18. The SMILES string of the molecule is COc1ncccc1CNS(=O)(=O)c1cccs1. The van der Waals surface area contributed by atoms with Gasteiger partial charge in [0, 0.05) is 18.3 Å². The van der Waals surface area contributed by atoms with Crippen molar-refractivity contribution in [1.82, 2.24) is 9.71 Å². The number of nitrogens with one attached hydrogen (secondary N) is 1. The molecule has 0 unspecified atom stereocenters. The third-order valence-electron chi connectivity index (χ3n) is 2.26. The number of methoxy groups -OCH3 is 1. The molecular weight excluding hydrogens is 272 g/mol. The Morgan fingerprint density at radius 2 is 2.22 bits per heavy atom. The Bertz CT molecular complexity index is 609. The standard InChI is InChI=1S/C11H12N2O3S2/c1-16-11-9(4-2-6-12-11)8-13-18(14,15)10-5-3-7-17-10/h2-7,13H,8H2,1H3. The largest absolute Gasteiger partial charge is 0.481 e. The van der Waals surface area contributed by atoms with E-state index in [1.54, 1.807) is 35.8 Å². The van der Waals surface area contributed by atoms with Gasteiger partial charge in [0.2, 0.25) is 15.9 Å². The maximum absolute atomic E-state index is 11.9. The molecule has 7 heteroatoms. The lowest BCUT2D eigenvalue weighted by Gasteiger charge is -2.08. The van der Waals surface area contributed by atoms with E-state index in [-0.39, 0.29) is 6.54 Å². The molecule has 5 nitrogen and oxygen atoms in total. The molecule has 0 aliphatic carbocycles. The van der Waals surface area contributed by atoms with Gasteiger partial charge in [0.25, 0.3) is 0 Å². The van der Waals surface area contributed by atoms with E-state index in [0.29, 0.717) is 15.7 Å². The maximum Gasteiger partial charge on any atom is 0.250 e. The van der Waals surface area contributed by atoms with Crippen LogP contribution in [-0.4, -0.2) is 20.5 Å². The second kappa shape index (κ2) is 5.47. The van der Waals surface area contributed by atoms with Crippen molar-refractivity contribution in [2.45, 2.75) is 10.8 Å². The van der Waals surface area contributed by atoms with Gasteiger partial charge in [-0.05, 0) is 17.5 Å². The number of aromatic nitrogens is 1. The zero-order valence-corrected chi connectivity index (χ0v) is 11.3. The van der Waals surface area contributed by atoms with Crippen molar-refractivity contribution < 1.29 is 13.2 Å². The molecule has 0 amide bonds. The van der Waals surface area contributed by atoms with Crippen LogP contribution in [0, 0.1) is 0 Å². The van der Waals surface area contributed by atoms with E-state index in [2.05, 4.69) is 9.71 Å². The quantitative estimate of drug-likeness (QED) is 0.906. The molecule has 0 aliphatic heterocycles. The molecule has 96 valence electrons. The number of thiophene rings is 1. The first-order valence-corrected chi connectivity index (χ1v) is 7.51. The molecule has 0 atom stereocenters. The summed E-state index contributed by atoms with van der Waals surface area (Å²) in [6, 6.07) is 6.76. The molecule has 0 bridgehead atoms. The molecule has 0 aliphatic rings. The van der Waals surface area contributed by atoms with Crippen LogP contribution in [0.15, 0.2) is 40.1 Å². The summed E-state index contributed by atoms with van der Waals surface area (Å²) < 4.78 is 31.7. The average molecular weight is 284 g/mol. The lowest BCUT2D eigenvalue weighted by Crippen LogP contribution is -2.22. The third-order valence-corrected chi connectivity index (χ3v) is 5.05. The Balaban J connectivity index is 2.13. The van der Waals surface area contributed by atoms with Crippen LogP contribution in [0.5, 0.6) is 5.88 Å². The molecule has 2 heterocycles. The van der Waals surface area contributed by atoms with E-state index in [0.717, 1.165) is 0 Å². The highest BCUT2D eigenvalue weighted by Gasteiger charge is 2.15. The van der Waals surface area contributed by atoms with Gasteiger partial charge in [-0.1, -0.05) is 12.1 Å². The van der Waals surface area contributed by atoms with Crippen LogP contribution in [0.4, 0.5) is 0 Å². The van der Waals surface area contributed by atoms with E-state index in [1.807, 2.05) is 0 Å². The Morgan fingerprint density at radius 1 is 1.39 bits per heavy atom. The third kappa shape index (κ3) is 2.87. The van der Waals surface area contributed by atoms with Crippen LogP contribution in [0.1, 0.15) is 5.56 Å². The molecule has 0 spiro atoms. The minimum Gasteiger partial charge on any atom is -0.481 e. The van der Waals surface area contributed by atoms with Crippen molar-refractivity contribution in [2.24, 2.45) is 0 Å². The predicted octanol–water partition coefficient (Wildman–Crippen LogP) is 1.63. The van der Waals surface area contributed by atoms with Gasteiger partial charge < -0.3 is 4.74 Å². The Kier molecular flexibility index (Phi) is 3.95. The van der Waals surface area contributed by atoms with Crippen molar-refractivity contribution in [3.05, 3.63) is 41.4 Å². The molecule has 0 fully saturated rings. The molecule has 0 aromatic carbocycles. The van der Waals surface area contributed by atoms with Crippen molar-refractivity contribution in [3.8, 4) is 5.88 Å². The summed E-state index contributed by atoms with van der Waals surface area (Å²) in [4.78, 5) is 4.01. The van der Waals surface area contributed by atoms with Gasteiger partial charge in [-0.3, -0.25) is 0 Å². The first-order valence-electron chi connectivity index (χ1n) is 5.14. The summed E-state index contributed by atoms with van der Waals surface area (Å²) in [5.74, 6) is 0.423. The first-order chi connectivity index (χ1) is 8.63. The van der Waals surface area contributed by atoms with Gasteiger partial charge in [-0.15, -0.1) is 11.3 Å². The van der Waals surface area contributed by atoms with Crippen molar-refractivity contribution in [2.75, 3.05) is 7.11 Å². The van der Waals surface area contributed by atoms with E-state index in [1.165, 1.54) is 18.4 Å². The molecule has 2 aromatic rings. The van der Waals surface area contributed by atoms with Crippen LogP contribution in [0.25, 0.3) is 0 Å². The summed E-state index contributed by atoms with van der Waals surface area (Å²) in [7, 11) is -1.96. The topological polar surface area (TPSA) is 68.3 Å². The number of rotatable bonds is 5. The molecular formula is C11H12N2O3S2. The molecule has 2 rings (SSSR count). The maximum atomic E-state index is 11.9. The average Bonchev–Trinajstić information content (AvgIpc) is 2.91. The molecule has 0 saturated carbocycles. The molecule has 0 saturated heterocycles. The highest BCUT2D eigenvalue weighted by molar-refractivity contribution is 7.91. The summed E-state index contributed by atoms with van der Waals surface area (Å²) in [6.07, 6.45) is 1.59. The number of sulfonamides is 1. The van der Waals surface area contributed by atoms with Crippen molar-refractivity contribution >= 4 is 21.4 Å². The van der Waals surface area contributed by atoms with Crippen LogP contribution in [0.3, 0.4) is 0 Å².